The summed E-state index contributed by atoms with van der Waals surface area (Å²) in [5, 5.41) is 3.01. The van der Waals surface area contributed by atoms with Gasteiger partial charge < -0.3 is 10.1 Å². The van der Waals surface area contributed by atoms with E-state index in [-0.39, 0.29) is 11.3 Å². The molecule has 0 saturated heterocycles. The highest BCUT2D eigenvalue weighted by atomic mass is 19.1. The second kappa shape index (κ2) is 6.01. The Bertz CT molecular complexity index is 603. The summed E-state index contributed by atoms with van der Waals surface area (Å²) < 4.78 is 33.3. The SMILES string of the molecule is CNCc1ccc(C)cc1-c1c(F)cc(OC)cc1F. The fourth-order valence-corrected chi connectivity index (χ4v) is 2.19. The number of rotatable bonds is 4. The highest BCUT2D eigenvalue weighted by Crippen LogP contribution is 2.32. The highest BCUT2D eigenvalue weighted by molar-refractivity contribution is 5.70. The van der Waals surface area contributed by atoms with Crippen molar-refractivity contribution >= 4 is 0 Å². The topological polar surface area (TPSA) is 21.3 Å². The molecular weight excluding hydrogens is 260 g/mol. The molecule has 0 spiro atoms. The molecule has 20 heavy (non-hydrogen) atoms. The maximum Gasteiger partial charge on any atom is 0.137 e. The Hall–Kier alpha value is -1.94. The van der Waals surface area contributed by atoms with E-state index in [2.05, 4.69) is 5.32 Å². The summed E-state index contributed by atoms with van der Waals surface area (Å²) in [7, 11) is 3.18. The molecular formula is C16H17F2NO. The van der Waals surface area contributed by atoms with E-state index in [9.17, 15) is 8.78 Å². The quantitative estimate of drug-likeness (QED) is 0.920. The van der Waals surface area contributed by atoms with E-state index < -0.39 is 11.6 Å². The van der Waals surface area contributed by atoms with E-state index in [1.807, 2.05) is 19.1 Å². The standard InChI is InChI=1S/C16H17F2NO/c1-10-4-5-11(9-19-2)13(6-10)16-14(17)7-12(20-3)8-15(16)18/h4-8,19H,9H2,1-3H3. The molecule has 106 valence electrons. The van der Waals surface area contributed by atoms with Crippen molar-refractivity contribution in [3.8, 4) is 16.9 Å². The molecule has 0 saturated carbocycles. The Morgan fingerprint density at radius 1 is 1.10 bits per heavy atom. The third-order valence-corrected chi connectivity index (χ3v) is 3.15. The Labute approximate surface area is 117 Å². The third-order valence-electron chi connectivity index (χ3n) is 3.15. The Morgan fingerprint density at radius 2 is 1.75 bits per heavy atom. The average molecular weight is 277 g/mol. The van der Waals surface area contributed by atoms with Gasteiger partial charge in [0.05, 0.1) is 12.7 Å². The van der Waals surface area contributed by atoms with E-state index >= 15 is 0 Å². The zero-order chi connectivity index (χ0) is 14.7. The maximum absolute atomic E-state index is 14.2. The van der Waals surface area contributed by atoms with Crippen LogP contribution in [0.2, 0.25) is 0 Å². The van der Waals surface area contributed by atoms with Crippen molar-refractivity contribution in [3.05, 3.63) is 53.1 Å². The summed E-state index contributed by atoms with van der Waals surface area (Å²) in [5.74, 6) is -1.07. The van der Waals surface area contributed by atoms with Gasteiger partial charge in [0.25, 0.3) is 0 Å². The van der Waals surface area contributed by atoms with Gasteiger partial charge in [0.15, 0.2) is 0 Å². The molecule has 0 aromatic heterocycles. The average Bonchev–Trinajstić information content (AvgIpc) is 2.41. The van der Waals surface area contributed by atoms with Crippen LogP contribution in [-0.2, 0) is 6.54 Å². The van der Waals surface area contributed by atoms with Crippen LogP contribution >= 0.6 is 0 Å². The lowest BCUT2D eigenvalue weighted by atomic mass is 9.96. The predicted octanol–water partition coefficient (Wildman–Crippen LogP) is 3.67. The summed E-state index contributed by atoms with van der Waals surface area (Å²) in [6.07, 6.45) is 0. The summed E-state index contributed by atoms with van der Waals surface area (Å²) in [6.45, 7) is 2.44. The number of nitrogens with one attached hydrogen (secondary N) is 1. The molecule has 2 rings (SSSR count). The minimum absolute atomic E-state index is 0.0141. The molecule has 2 aromatic carbocycles. The molecule has 0 aliphatic heterocycles. The number of hydrogen-bond acceptors (Lipinski definition) is 2. The normalized spacial score (nSPS) is 10.7. The van der Waals surface area contributed by atoms with E-state index in [0.29, 0.717) is 12.1 Å². The second-order valence-electron chi connectivity index (χ2n) is 4.66. The van der Waals surface area contributed by atoms with Gasteiger partial charge in [0, 0.05) is 18.7 Å². The van der Waals surface area contributed by atoms with Crippen molar-refractivity contribution in [1.82, 2.24) is 5.32 Å². The van der Waals surface area contributed by atoms with Crippen LogP contribution in [-0.4, -0.2) is 14.2 Å². The number of benzene rings is 2. The lowest BCUT2D eigenvalue weighted by Gasteiger charge is -2.13. The van der Waals surface area contributed by atoms with Crippen LogP contribution in [0.4, 0.5) is 8.78 Å². The monoisotopic (exact) mass is 277 g/mol. The molecule has 0 heterocycles. The molecule has 2 nitrogen and oxygen atoms in total. The lowest BCUT2D eigenvalue weighted by molar-refractivity contribution is 0.407. The largest absolute Gasteiger partial charge is 0.497 e. The van der Waals surface area contributed by atoms with Crippen LogP contribution < -0.4 is 10.1 Å². The van der Waals surface area contributed by atoms with Gasteiger partial charge in [-0.1, -0.05) is 23.8 Å². The molecule has 2 aromatic rings. The van der Waals surface area contributed by atoms with Crippen molar-refractivity contribution in [2.75, 3.05) is 14.2 Å². The Kier molecular flexibility index (Phi) is 4.35. The zero-order valence-corrected chi connectivity index (χ0v) is 11.8. The number of halogens is 2. The molecule has 0 fully saturated rings. The first-order valence-corrected chi connectivity index (χ1v) is 6.34. The first-order valence-electron chi connectivity index (χ1n) is 6.34. The van der Waals surface area contributed by atoms with Crippen molar-refractivity contribution in [1.29, 1.82) is 0 Å². The van der Waals surface area contributed by atoms with Gasteiger partial charge in [-0.15, -0.1) is 0 Å². The van der Waals surface area contributed by atoms with Gasteiger partial charge in [0.2, 0.25) is 0 Å². The van der Waals surface area contributed by atoms with Crippen molar-refractivity contribution < 1.29 is 13.5 Å². The number of ether oxygens (including phenoxy) is 1. The fraction of sp³-hybridized carbons (Fsp3) is 0.250. The molecule has 0 aliphatic rings. The Balaban J connectivity index is 2.64. The first-order chi connectivity index (χ1) is 9.56. The second-order valence-corrected chi connectivity index (χ2v) is 4.66. The molecule has 0 amide bonds. The third kappa shape index (κ3) is 2.80. The molecule has 1 N–H and O–H groups in total. The van der Waals surface area contributed by atoms with Crippen LogP contribution in [0.15, 0.2) is 30.3 Å². The Morgan fingerprint density at radius 3 is 2.30 bits per heavy atom. The predicted molar refractivity (Wildman–Crippen MR) is 75.8 cm³/mol. The summed E-state index contributed by atoms with van der Waals surface area (Å²) in [4.78, 5) is 0. The van der Waals surface area contributed by atoms with Crippen LogP contribution in [0.3, 0.4) is 0 Å². The molecule has 0 radical (unpaired) electrons. The van der Waals surface area contributed by atoms with Crippen molar-refractivity contribution in [2.45, 2.75) is 13.5 Å². The fourth-order valence-electron chi connectivity index (χ4n) is 2.19. The number of aryl methyl sites for hydroxylation is 1. The smallest absolute Gasteiger partial charge is 0.137 e. The molecule has 0 atom stereocenters. The molecule has 0 unspecified atom stereocenters. The van der Waals surface area contributed by atoms with Gasteiger partial charge >= 0.3 is 0 Å². The highest BCUT2D eigenvalue weighted by Gasteiger charge is 2.16. The first kappa shape index (κ1) is 14.5. The van der Waals surface area contributed by atoms with E-state index in [1.54, 1.807) is 13.1 Å². The zero-order valence-electron chi connectivity index (χ0n) is 11.8. The van der Waals surface area contributed by atoms with Crippen LogP contribution in [0, 0.1) is 18.6 Å². The van der Waals surface area contributed by atoms with Gasteiger partial charge in [-0.3, -0.25) is 0 Å². The minimum Gasteiger partial charge on any atom is -0.497 e. The van der Waals surface area contributed by atoms with Crippen molar-refractivity contribution in [3.63, 3.8) is 0 Å². The van der Waals surface area contributed by atoms with E-state index in [1.165, 1.54) is 19.2 Å². The summed E-state index contributed by atoms with van der Waals surface area (Å²) >= 11 is 0. The minimum atomic E-state index is -0.621. The molecule has 4 heteroatoms. The van der Waals surface area contributed by atoms with E-state index in [0.717, 1.165) is 11.1 Å². The summed E-state index contributed by atoms with van der Waals surface area (Å²) in [6, 6.07) is 7.99. The molecule has 0 bridgehead atoms. The summed E-state index contributed by atoms with van der Waals surface area (Å²) in [5.41, 5.74) is 2.35. The lowest BCUT2D eigenvalue weighted by Crippen LogP contribution is -2.07. The number of methoxy groups -OCH3 is 1. The van der Waals surface area contributed by atoms with E-state index in [4.69, 9.17) is 4.74 Å². The molecule has 0 aliphatic carbocycles. The maximum atomic E-state index is 14.2. The van der Waals surface area contributed by atoms with Gasteiger partial charge in [-0.25, -0.2) is 8.78 Å². The van der Waals surface area contributed by atoms with Gasteiger partial charge in [-0.2, -0.15) is 0 Å². The van der Waals surface area contributed by atoms with Crippen LogP contribution in [0.5, 0.6) is 5.75 Å². The van der Waals surface area contributed by atoms with Gasteiger partial charge in [0.1, 0.15) is 17.4 Å². The van der Waals surface area contributed by atoms with Crippen molar-refractivity contribution in [2.24, 2.45) is 0 Å². The van der Waals surface area contributed by atoms with Gasteiger partial charge in [-0.05, 0) is 25.1 Å². The van der Waals surface area contributed by atoms with Crippen LogP contribution in [0.25, 0.3) is 11.1 Å². The number of hydrogen-bond donors (Lipinski definition) is 1. The van der Waals surface area contributed by atoms with Crippen LogP contribution in [0.1, 0.15) is 11.1 Å².